The van der Waals surface area contributed by atoms with E-state index in [1.807, 2.05) is 19.2 Å². The zero-order valence-electron chi connectivity index (χ0n) is 12.6. The van der Waals surface area contributed by atoms with E-state index in [-0.39, 0.29) is 6.04 Å². The zero-order chi connectivity index (χ0) is 15.6. The number of hydrogen-bond donors (Lipinski definition) is 1. The van der Waals surface area contributed by atoms with Crippen LogP contribution in [0.15, 0.2) is 30.3 Å². The van der Waals surface area contributed by atoms with Gasteiger partial charge in [-0.3, -0.25) is 0 Å². The average molecular weight is 416 g/mol. The maximum atomic E-state index is 6.26. The molecule has 2 rings (SSSR count). The molecule has 0 heterocycles. The Labute approximate surface area is 145 Å². The fourth-order valence-corrected chi connectivity index (χ4v) is 3.21. The van der Waals surface area contributed by atoms with E-state index < -0.39 is 0 Å². The Balaban J connectivity index is 2.48. The van der Waals surface area contributed by atoms with Crippen LogP contribution in [0.25, 0.3) is 0 Å². The van der Waals surface area contributed by atoms with E-state index in [9.17, 15) is 0 Å². The minimum atomic E-state index is 0.114. The molecule has 0 aromatic heterocycles. The van der Waals surface area contributed by atoms with Crippen molar-refractivity contribution in [1.82, 2.24) is 5.32 Å². The molecule has 0 saturated carbocycles. The summed E-state index contributed by atoms with van der Waals surface area (Å²) in [7, 11) is 3.68. The van der Waals surface area contributed by atoms with Crippen molar-refractivity contribution in [2.45, 2.75) is 19.9 Å². The second-order valence-electron chi connectivity index (χ2n) is 5.08. The molecular weight excluding hydrogens is 397 g/mol. The van der Waals surface area contributed by atoms with Gasteiger partial charge >= 0.3 is 0 Å². The van der Waals surface area contributed by atoms with Gasteiger partial charge in [-0.15, -0.1) is 0 Å². The van der Waals surface area contributed by atoms with E-state index in [1.54, 1.807) is 7.11 Å². The Bertz CT molecular complexity index is 634. The minimum Gasteiger partial charge on any atom is -0.496 e. The number of ether oxygens (including phenoxy) is 1. The number of hydrogen-bond acceptors (Lipinski definition) is 2. The summed E-state index contributed by atoms with van der Waals surface area (Å²) in [6.45, 7) is 4.14. The summed E-state index contributed by atoms with van der Waals surface area (Å²) < 4.78 is 6.51. The maximum absolute atomic E-state index is 6.26. The van der Waals surface area contributed by atoms with Gasteiger partial charge in [0.1, 0.15) is 5.75 Å². The van der Waals surface area contributed by atoms with Crippen molar-refractivity contribution >= 4 is 34.2 Å². The molecule has 0 aliphatic rings. The Hall–Kier alpha value is -0.780. The van der Waals surface area contributed by atoms with E-state index in [2.05, 4.69) is 60.0 Å². The summed E-state index contributed by atoms with van der Waals surface area (Å²) in [5.74, 6) is 0.953. The predicted octanol–water partition coefficient (Wildman–Crippen LogP) is 4.88. The number of methoxy groups -OCH3 is 1. The van der Waals surface area contributed by atoms with Gasteiger partial charge in [-0.1, -0.05) is 29.8 Å². The van der Waals surface area contributed by atoms with Crippen molar-refractivity contribution < 1.29 is 4.74 Å². The fourth-order valence-electron chi connectivity index (χ4n) is 2.69. The third kappa shape index (κ3) is 3.52. The fraction of sp³-hybridized carbons (Fsp3) is 0.294. The standard InChI is InChI=1S/C17H19ClINO/c1-10-7-13(8-11(2)17(10)21-4)16(20-3)12-5-6-15(19)14(18)9-12/h5-9,16,20H,1-4H3. The lowest BCUT2D eigenvalue weighted by molar-refractivity contribution is 0.408. The third-order valence-electron chi connectivity index (χ3n) is 3.59. The summed E-state index contributed by atoms with van der Waals surface area (Å²) in [4.78, 5) is 0. The van der Waals surface area contributed by atoms with Gasteiger partial charge in [0.05, 0.1) is 18.2 Å². The van der Waals surface area contributed by atoms with Crippen molar-refractivity contribution in [1.29, 1.82) is 0 Å². The van der Waals surface area contributed by atoms with E-state index in [0.29, 0.717) is 0 Å². The Morgan fingerprint density at radius 3 is 2.19 bits per heavy atom. The van der Waals surface area contributed by atoms with Gasteiger partial charge in [0.15, 0.2) is 0 Å². The molecule has 2 aromatic carbocycles. The van der Waals surface area contributed by atoms with Crippen LogP contribution in [-0.4, -0.2) is 14.2 Å². The molecule has 0 aliphatic heterocycles. The quantitative estimate of drug-likeness (QED) is 0.719. The minimum absolute atomic E-state index is 0.114. The van der Waals surface area contributed by atoms with E-state index >= 15 is 0 Å². The van der Waals surface area contributed by atoms with Gasteiger partial charge in [-0.25, -0.2) is 0 Å². The Morgan fingerprint density at radius 1 is 1.10 bits per heavy atom. The molecule has 0 saturated heterocycles. The lowest BCUT2D eigenvalue weighted by Gasteiger charge is -2.20. The average Bonchev–Trinajstić information content (AvgIpc) is 2.43. The van der Waals surface area contributed by atoms with Crippen LogP contribution in [0.4, 0.5) is 0 Å². The molecule has 0 fully saturated rings. The summed E-state index contributed by atoms with van der Waals surface area (Å²) in [6, 6.07) is 10.6. The highest BCUT2D eigenvalue weighted by Gasteiger charge is 2.16. The van der Waals surface area contributed by atoms with Crippen LogP contribution >= 0.6 is 34.2 Å². The second-order valence-corrected chi connectivity index (χ2v) is 6.65. The zero-order valence-corrected chi connectivity index (χ0v) is 15.5. The Morgan fingerprint density at radius 2 is 1.71 bits per heavy atom. The highest BCUT2D eigenvalue weighted by molar-refractivity contribution is 14.1. The second kappa shape index (κ2) is 6.99. The van der Waals surface area contributed by atoms with Gasteiger partial charge in [0.2, 0.25) is 0 Å². The summed E-state index contributed by atoms with van der Waals surface area (Å²) in [6.07, 6.45) is 0. The first kappa shape index (κ1) is 16.6. The molecule has 0 bridgehead atoms. The topological polar surface area (TPSA) is 21.3 Å². The lowest BCUT2D eigenvalue weighted by atomic mass is 9.95. The van der Waals surface area contributed by atoms with E-state index in [0.717, 1.165) is 31.0 Å². The van der Waals surface area contributed by atoms with E-state index in [1.165, 1.54) is 5.56 Å². The number of halogens is 2. The van der Waals surface area contributed by atoms with Gasteiger partial charge in [-0.05, 0) is 77.9 Å². The summed E-state index contributed by atoms with van der Waals surface area (Å²) in [5.41, 5.74) is 4.66. The number of nitrogens with one attached hydrogen (secondary N) is 1. The molecule has 112 valence electrons. The van der Waals surface area contributed by atoms with Gasteiger partial charge in [-0.2, -0.15) is 0 Å². The van der Waals surface area contributed by atoms with Crippen LogP contribution in [0.5, 0.6) is 5.75 Å². The van der Waals surface area contributed by atoms with Crippen molar-refractivity contribution in [2.24, 2.45) is 0 Å². The molecule has 0 spiro atoms. The SMILES string of the molecule is CNC(c1cc(C)c(OC)c(C)c1)c1ccc(I)c(Cl)c1. The number of benzene rings is 2. The van der Waals surface area contributed by atoms with Gasteiger partial charge in [0, 0.05) is 3.57 Å². The highest BCUT2D eigenvalue weighted by atomic mass is 127. The summed E-state index contributed by atoms with van der Waals surface area (Å²) in [5, 5.41) is 4.16. The third-order valence-corrected chi connectivity index (χ3v) is 5.16. The van der Waals surface area contributed by atoms with Crippen LogP contribution in [-0.2, 0) is 0 Å². The molecule has 2 nitrogen and oxygen atoms in total. The first-order chi connectivity index (χ1) is 9.97. The first-order valence-electron chi connectivity index (χ1n) is 6.75. The van der Waals surface area contributed by atoms with Crippen LogP contribution < -0.4 is 10.1 Å². The first-order valence-corrected chi connectivity index (χ1v) is 8.21. The molecule has 0 aliphatic carbocycles. The van der Waals surface area contributed by atoms with Crippen LogP contribution in [0.2, 0.25) is 5.02 Å². The lowest BCUT2D eigenvalue weighted by Crippen LogP contribution is -2.18. The number of aryl methyl sites for hydroxylation is 2. The molecule has 1 N–H and O–H groups in total. The van der Waals surface area contributed by atoms with Crippen molar-refractivity contribution in [3.05, 3.63) is 61.2 Å². The predicted molar refractivity (Wildman–Crippen MR) is 97.5 cm³/mol. The van der Waals surface area contributed by atoms with Crippen molar-refractivity contribution in [3.63, 3.8) is 0 Å². The molecule has 0 radical (unpaired) electrons. The molecule has 1 unspecified atom stereocenters. The normalized spacial score (nSPS) is 12.3. The van der Waals surface area contributed by atoms with Crippen molar-refractivity contribution in [3.8, 4) is 5.75 Å². The number of rotatable bonds is 4. The molecule has 21 heavy (non-hydrogen) atoms. The van der Waals surface area contributed by atoms with Crippen LogP contribution in [0.1, 0.15) is 28.3 Å². The largest absolute Gasteiger partial charge is 0.496 e. The van der Waals surface area contributed by atoms with Crippen LogP contribution in [0, 0.1) is 17.4 Å². The Kier molecular flexibility index (Phi) is 5.52. The van der Waals surface area contributed by atoms with Crippen molar-refractivity contribution in [2.75, 3.05) is 14.2 Å². The van der Waals surface area contributed by atoms with Gasteiger partial charge in [0.25, 0.3) is 0 Å². The molecule has 4 heteroatoms. The molecule has 2 aromatic rings. The summed E-state index contributed by atoms with van der Waals surface area (Å²) >= 11 is 8.50. The molecule has 1 atom stereocenters. The van der Waals surface area contributed by atoms with Crippen LogP contribution in [0.3, 0.4) is 0 Å². The highest BCUT2D eigenvalue weighted by Crippen LogP contribution is 2.31. The monoisotopic (exact) mass is 415 g/mol. The van der Waals surface area contributed by atoms with Gasteiger partial charge < -0.3 is 10.1 Å². The smallest absolute Gasteiger partial charge is 0.124 e. The molecule has 0 amide bonds. The molecular formula is C17H19ClINO. The van der Waals surface area contributed by atoms with E-state index in [4.69, 9.17) is 16.3 Å². The maximum Gasteiger partial charge on any atom is 0.124 e.